The zero-order valence-electron chi connectivity index (χ0n) is 52.3. The summed E-state index contributed by atoms with van der Waals surface area (Å²) in [5, 5.41) is 2.77. The smallest absolute Gasteiger partial charge is 0.0547 e. The number of para-hydroxylation sites is 1. The number of benzene rings is 8. The quantitative estimate of drug-likeness (QED) is 0.0372. The van der Waals surface area contributed by atoms with Crippen LogP contribution in [0.2, 0.25) is 0 Å². The molecule has 0 bridgehead atoms. The van der Waals surface area contributed by atoms with Gasteiger partial charge in [-0.2, -0.15) is 0 Å². The highest BCUT2D eigenvalue weighted by atomic mass is 79.9. The minimum absolute atomic E-state index is 0.0805. The molecule has 2 nitrogen and oxygen atoms in total. The van der Waals surface area contributed by atoms with E-state index in [1.54, 1.807) is 11.1 Å². The van der Waals surface area contributed by atoms with Crippen LogP contribution in [0.5, 0.6) is 0 Å². The average Bonchev–Trinajstić information content (AvgIpc) is 1.80. The first kappa shape index (κ1) is 62.4. The summed E-state index contributed by atoms with van der Waals surface area (Å²) in [7, 11) is 0. The molecule has 9 aromatic rings. The van der Waals surface area contributed by atoms with E-state index in [9.17, 15) is 0 Å². The lowest BCUT2D eigenvalue weighted by Crippen LogP contribution is -2.25. The molecule has 4 heteroatoms. The monoisotopic (exact) mass is 1250 g/mol. The summed E-state index contributed by atoms with van der Waals surface area (Å²) in [5.41, 5.74) is 22.8. The number of anilines is 3. The largest absolute Gasteiger partial charge is 0.311 e. The minimum Gasteiger partial charge on any atom is -0.311 e. The van der Waals surface area contributed by atoms with Crippen LogP contribution in [0, 0.1) is 0 Å². The maximum Gasteiger partial charge on any atom is 0.0547 e. The number of hydrogen-bond donors (Lipinski definition) is 0. The molecule has 1 aliphatic rings. The normalized spacial score (nSPS) is 12.6. The molecule has 444 valence electrons. The zero-order chi connectivity index (χ0) is 59.0. The molecule has 0 unspecified atom stereocenters. The van der Waals surface area contributed by atoms with Crippen molar-refractivity contribution in [2.45, 2.75) is 213 Å². The van der Waals surface area contributed by atoms with Gasteiger partial charge >= 0.3 is 0 Å². The fourth-order valence-corrected chi connectivity index (χ4v) is 14.9. The molecule has 1 aliphatic carbocycles. The van der Waals surface area contributed by atoms with Crippen LogP contribution in [0.25, 0.3) is 60.9 Å². The Morgan fingerprint density at radius 2 is 0.847 bits per heavy atom. The summed E-state index contributed by atoms with van der Waals surface area (Å²) >= 11 is 7.87. The van der Waals surface area contributed by atoms with Gasteiger partial charge in [0.15, 0.2) is 0 Å². The van der Waals surface area contributed by atoms with Crippen molar-refractivity contribution in [2.24, 2.45) is 0 Å². The number of halogens is 2. The van der Waals surface area contributed by atoms with Gasteiger partial charge in [0.05, 0.1) is 11.0 Å². The molecule has 0 atom stereocenters. The van der Waals surface area contributed by atoms with Crippen molar-refractivity contribution >= 4 is 70.7 Å². The Bertz CT molecular complexity index is 3530. The molecular weight excluding hydrogens is 1160 g/mol. The fraction of sp³-hybridized carbons (Fsp3) is 0.407. The highest BCUT2D eigenvalue weighted by Gasteiger charge is 2.43. The Morgan fingerprint density at radius 1 is 0.365 bits per heavy atom. The molecule has 0 aliphatic heterocycles. The predicted octanol–water partition coefficient (Wildman–Crippen LogP) is 26.5. The van der Waals surface area contributed by atoms with E-state index in [4.69, 9.17) is 0 Å². The maximum atomic E-state index is 4.14. The van der Waals surface area contributed by atoms with Gasteiger partial charge in [0.25, 0.3) is 0 Å². The first-order chi connectivity index (χ1) is 41.8. The van der Waals surface area contributed by atoms with Gasteiger partial charge in [0.2, 0.25) is 0 Å². The van der Waals surface area contributed by atoms with Crippen molar-refractivity contribution in [3.63, 3.8) is 0 Å². The van der Waals surface area contributed by atoms with Gasteiger partial charge in [-0.25, -0.2) is 0 Å². The molecule has 1 heterocycles. The van der Waals surface area contributed by atoms with E-state index < -0.39 is 0 Å². The van der Waals surface area contributed by atoms with E-state index in [0.717, 1.165) is 40.8 Å². The van der Waals surface area contributed by atoms with Crippen molar-refractivity contribution < 1.29 is 0 Å². The second kappa shape index (κ2) is 30.8. The van der Waals surface area contributed by atoms with Gasteiger partial charge < -0.3 is 9.47 Å². The number of fused-ring (bicyclic) bond motifs is 6. The maximum absolute atomic E-state index is 4.14. The predicted molar refractivity (Wildman–Crippen MR) is 378 cm³/mol. The van der Waals surface area contributed by atoms with Gasteiger partial charge in [-0.15, -0.1) is 0 Å². The van der Waals surface area contributed by atoms with Crippen molar-refractivity contribution in [1.29, 1.82) is 0 Å². The number of hydrogen-bond acceptors (Lipinski definition) is 1. The number of unbranched alkanes of at least 4 members (excludes halogenated alkanes) is 17. The molecular formula is C81H96Br2N2. The molecule has 0 N–H and O–H groups in total. The SMILES string of the molecule is CCCCCCCCC1(CCCCCCCC)c2cc(-c3ccc(N(c4ccc(Br)cc4)c4ccc(-c5ccc(CCCC)cc5)cc4)cc3)ccc2-c2cc3c(cc21)c1ccccc1n3-c1cc(CCCCCC)c(Br)cc1CCCCCC. The second-order valence-electron chi connectivity index (χ2n) is 25.0. The fourth-order valence-electron chi connectivity index (χ4n) is 14.1. The number of aromatic nitrogens is 1. The average molecular weight is 1260 g/mol. The van der Waals surface area contributed by atoms with Crippen LogP contribution in [0.15, 0.2) is 173 Å². The summed E-state index contributed by atoms with van der Waals surface area (Å²) in [6.45, 7) is 11.6. The lowest BCUT2D eigenvalue weighted by atomic mass is 9.70. The molecule has 85 heavy (non-hydrogen) atoms. The van der Waals surface area contributed by atoms with Crippen LogP contribution >= 0.6 is 31.9 Å². The van der Waals surface area contributed by atoms with Crippen LogP contribution in [-0.4, -0.2) is 4.57 Å². The Kier molecular flexibility index (Phi) is 22.6. The van der Waals surface area contributed by atoms with Crippen LogP contribution < -0.4 is 4.90 Å². The van der Waals surface area contributed by atoms with E-state index in [1.807, 2.05) is 0 Å². The van der Waals surface area contributed by atoms with Gasteiger partial charge in [-0.1, -0.05) is 267 Å². The summed E-state index contributed by atoms with van der Waals surface area (Å²) in [4.78, 5) is 2.40. The lowest BCUT2D eigenvalue weighted by Gasteiger charge is -2.33. The third kappa shape index (κ3) is 14.7. The Morgan fingerprint density at radius 3 is 1.44 bits per heavy atom. The highest BCUT2D eigenvalue weighted by molar-refractivity contribution is 9.10. The summed E-state index contributed by atoms with van der Waals surface area (Å²) in [6, 6.07) is 64.0. The van der Waals surface area contributed by atoms with Crippen molar-refractivity contribution in [1.82, 2.24) is 4.57 Å². The first-order valence-electron chi connectivity index (χ1n) is 33.7. The van der Waals surface area contributed by atoms with Crippen LogP contribution in [0.1, 0.15) is 217 Å². The molecule has 8 aromatic carbocycles. The highest BCUT2D eigenvalue weighted by Crippen LogP contribution is 2.57. The van der Waals surface area contributed by atoms with Crippen molar-refractivity contribution in [3.05, 3.63) is 201 Å². The summed E-state index contributed by atoms with van der Waals surface area (Å²) < 4.78 is 5.05. The number of rotatable bonds is 33. The lowest BCUT2D eigenvalue weighted by molar-refractivity contribution is 0.398. The third-order valence-corrected chi connectivity index (χ3v) is 20.2. The molecule has 0 spiro atoms. The molecule has 10 rings (SSSR count). The molecule has 0 radical (unpaired) electrons. The Balaban J connectivity index is 1.08. The Hall–Kier alpha value is -5.68. The third-order valence-electron chi connectivity index (χ3n) is 18.9. The topological polar surface area (TPSA) is 8.17 Å². The van der Waals surface area contributed by atoms with E-state index in [-0.39, 0.29) is 5.41 Å². The molecule has 0 saturated heterocycles. The molecule has 1 aromatic heterocycles. The molecule has 0 fully saturated rings. The first-order valence-corrected chi connectivity index (χ1v) is 35.3. The molecule has 0 amide bonds. The number of nitrogens with zero attached hydrogens (tertiary/aromatic N) is 2. The second-order valence-corrected chi connectivity index (χ2v) is 26.8. The minimum atomic E-state index is -0.0805. The van der Waals surface area contributed by atoms with E-state index in [0.29, 0.717) is 0 Å². The van der Waals surface area contributed by atoms with Gasteiger partial charge in [0, 0.05) is 47.9 Å². The zero-order valence-corrected chi connectivity index (χ0v) is 55.5. The van der Waals surface area contributed by atoms with E-state index in [2.05, 4.69) is 240 Å². The van der Waals surface area contributed by atoms with Crippen molar-refractivity contribution in [3.8, 4) is 39.1 Å². The standard InChI is InChI=1S/C81H96Br2N2/c1-6-11-16-20-22-28-53-81(54-29-23-21-17-12-7-2)75-55-64(63-41-48-69(49-42-63)84(70-50-44-67(82)45-51-70)68-46-39-62(40-47-68)61-37-35-60(36-38-61)30-15-10-5)43-52-71(75)73-59-80-74(58-76(73)81)72-33-26-27-34-78(72)85(80)79-57-65(31-24-18-13-8-3)77(83)56-66(79)32-25-19-14-9-4/h26-27,33-52,55-59H,6-25,28-32,53-54H2,1-5H3. The van der Waals surface area contributed by atoms with Crippen LogP contribution in [0.4, 0.5) is 17.1 Å². The van der Waals surface area contributed by atoms with E-state index >= 15 is 0 Å². The van der Waals surface area contributed by atoms with Gasteiger partial charge in [0.1, 0.15) is 0 Å². The summed E-state index contributed by atoms with van der Waals surface area (Å²) in [6.07, 6.45) is 33.8. The van der Waals surface area contributed by atoms with Crippen molar-refractivity contribution in [2.75, 3.05) is 4.90 Å². The van der Waals surface area contributed by atoms with Crippen LogP contribution in [0.3, 0.4) is 0 Å². The molecule has 0 saturated carbocycles. The van der Waals surface area contributed by atoms with E-state index in [1.165, 1.54) is 236 Å². The van der Waals surface area contributed by atoms with Gasteiger partial charge in [-0.05, 0) is 197 Å². The summed E-state index contributed by atoms with van der Waals surface area (Å²) in [5.74, 6) is 0. The Labute approximate surface area is 529 Å². The van der Waals surface area contributed by atoms with Crippen LogP contribution in [-0.2, 0) is 24.7 Å². The van der Waals surface area contributed by atoms with Gasteiger partial charge in [-0.3, -0.25) is 0 Å². The number of aryl methyl sites for hydroxylation is 3.